The van der Waals surface area contributed by atoms with Gasteiger partial charge in [-0.2, -0.15) is 8.78 Å². The van der Waals surface area contributed by atoms with Crippen LogP contribution in [-0.2, 0) is 0 Å². The Bertz CT molecular complexity index is 1070. The van der Waals surface area contributed by atoms with Crippen LogP contribution in [-0.4, -0.2) is 25.0 Å². The Kier molecular flexibility index (Phi) is 3.71. The van der Waals surface area contributed by atoms with E-state index >= 15 is 0 Å². The molecule has 3 aromatic heterocycles. The molecule has 1 fully saturated rings. The van der Waals surface area contributed by atoms with Gasteiger partial charge in [-0.15, -0.1) is 0 Å². The van der Waals surface area contributed by atoms with Crippen molar-refractivity contribution >= 4 is 17.2 Å². The van der Waals surface area contributed by atoms with E-state index in [0.717, 1.165) is 24.7 Å². The maximum atomic E-state index is 12.8. The summed E-state index contributed by atoms with van der Waals surface area (Å²) in [5.74, 6) is -0.685. The molecule has 1 aliphatic rings. The van der Waals surface area contributed by atoms with E-state index in [4.69, 9.17) is 0 Å². The lowest BCUT2D eigenvalue weighted by Crippen LogP contribution is -2.26. The first-order valence-corrected chi connectivity index (χ1v) is 7.96. The van der Waals surface area contributed by atoms with Gasteiger partial charge in [0.15, 0.2) is 0 Å². The van der Waals surface area contributed by atoms with Crippen LogP contribution >= 0.6 is 0 Å². The number of imidazole rings is 1. The summed E-state index contributed by atoms with van der Waals surface area (Å²) >= 11 is 0. The smallest absolute Gasteiger partial charge is 0.321 e. The molecule has 7 nitrogen and oxygen atoms in total. The van der Waals surface area contributed by atoms with Crippen molar-refractivity contribution in [2.24, 2.45) is 0 Å². The molecule has 0 aromatic carbocycles. The first-order chi connectivity index (χ1) is 12.4. The minimum atomic E-state index is -3.02. The third-order valence-corrected chi connectivity index (χ3v) is 4.26. The van der Waals surface area contributed by atoms with Gasteiger partial charge in [-0.25, -0.2) is 4.98 Å². The van der Waals surface area contributed by atoms with Crippen LogP contribution in [0.2, 0.25) is 0 Å². The number of aromatic hydroxyl groups is 1. The molecule has 0 aliphatic heterocycles. The molecule has 0 bridgehead atoms. The third kappa shape index (κ3) is 2.81. The van der Waals surface area contributed by atoms with Crippen LogP contribution in [0.4, 0.5) is 14.5 Å². The van der Waals surface area contributed by atoms with Crippen molar-refractivity contribution in [2.75, 3.05) is 5.32 Å². The van der Waals surface area contributed by atoms with E-state index in [1.807, 2.05) is 0 Å². The summed E-state index contributed by atoms with van der Waals surface area (Å²) in [6.45, 7) is -3.02. The molecule has 0 spiro atoms. The molecule has 3 aromatic rings. The number of hydrogen-bond donors (Lipinski definition) is 2. The van der Waals surface area contributed by atoms with Gasteiger partial charge >= 0.3 is 6.55 Å². The highest BCUT2D eigenvalue weighted by atomic mass is 19.3. The second-order valence-electron chi connectivity index (χ2n) is 6.14. The molecule has 2 N–H and O–H groups in total. The van der Waals surface area contributed by atoms with Crippen molar-refractivity contribution in [3.63, 3.8) is 0 Å². The number of carbonyl (C=O) groups is 1. The topological polar surface area (TPSA) is 88.6 Å². The van der Waals surface area contributed by atoms with E-state index in [2.05, 4.69) is 10.3 Å². The summed E-state index contributed by atoms with van der Waals surface area (Å²) in [5.41, 5.74) is -0.0358. The molecule has 1 aliphatic carbocycles. The van der Waals surface area contributed by atoms with Crippen LogP contribution in [0.15, 0.2) is 41.6 Å². The zero-order valence-corrected chi connectivity index (χ0v) is 13.4. The molecule has 0 unspecified atom stereocenters. The number of aromatic nitrogens is 3. The average Bonchev–Trinajstić information content (AvgIpc) is 3.36. The summed E-state index contributed by atoms with van der Waals surface area (Å²) in [5, 5.41) is 12.4. The molecule has 0 atom stereocenters. The van der Waals surface area contributed by atoms with Crippen molar-refractivity contribution in [3.8, 4) is 5.75 Å². The molecular formula is C17H14F2N4O3. The normalized spacial score (nSPS) is 14.1. The number of pyridine rings is 2. The average molecular weight is 360 g/mol. The molecule has 1 amide bonds. The minimum absolute atomic E-state index is 0.0934. The SMILES string of the molecule is O=C(Nc1cccn(C(F)F)c1=O)c1cn2cc(C3CC3)nc2cc1O. The maximum Gasteiger partial charge on any atom is 0.321 e. The fourth-order valence-corrected chi connectivity index (χ4v) is 2.74. The van der Waals surface area contributed by atoms with Gasteiger partial charge in [0.25, 0.3) is 11.5 Å². The van der Waals surface area contributed by atoms with Crippen molar-refractivity contribution in [1.82, 2.24) is 14.0 Å². The molecule has 1 saturated carbocycles. The molecule has 4 rings (SSSR count). The molecule has 3 heterocycles. The van der Waals surface area contributed by atoms with Gasteiger partial charge in [0.1, 0.15) is 17.1 Å². The summed E-state index contributed by atoms with van der Waals surface area (Å²) < 4.78 is 27.4. The lowest BCUT2D eigenvalue weighted by atomic mass is 10.2. The van der Waals surface area contributed by atoms with Crippen LogP contribution in [0.1, 0.15) is 41.4 Å². The first-order valence-electron chi connectivity index (χ1n) is 7.96. The molecule has 26 heavy (non-hydrogen) atoms. The van der Waals surface area contributed by atoms with E-state index in [1.165, 1.54) is 24.4 Å². The van der Waals surface area contributed by atoms with Crippen molar-refractivity contribution in [1.29, 1.82) is 0 Å². The Morgan fingerprint density at radius 1 is 1.35 bits per heavy atom. The number of nitrogens with one attached hydrogen (secondary N) is 1. The van der Waals surface area contributed by atoms with Crippen molar-refractivity contribution < 1.29 is 18.7 Å². The number of amides is 1. The minimum Gasteiger partial charge on any atom is -0.507 e. The van der Waals surface area contributed by atoms with Crippen LogP contribution in [0, 0.1) is 0 Å². The highest BCUT2D eigenvalue weighted by Crippen LogP contribution is 2.39. The maximum absolute atomic E-state index is 12.8. The molecular weight excluding hydrogens is 346 g/mol. The highest BCUT2D eigenvalue weighted by Gasteiger charge is 2.26. The van der Waals surface area contributed by atoms with E-state index < -0.39 is 18.0 Å². The molecule has 0 radical (unpaired) electrons. The Hall–Kier alpha value is -3.23. The number of carbonyl (C=O) groups excluding carboxylic acids is 1. The second kappa shape index (κ2) is 5.94. The van der Waals surface area contributed by atoms with E-state index in [0.29, 0.717) is 11.6 Å². The zero-order valence-electron chi connectivity index (χ0n) is 13.4. The quantitative estimate of drug-likeness (QED) is 0.749. The number of hydrogen-bond acceptors (Lipinski definition) is 4. The third-order valence-electron chi connectivity index (χ3n) is 4.26. The van der Waals surface area contributed by atoms with Crippen molar-refractivity contribution in [3.05, 3.63) is 58.4 Å². The zero-order chi connectivity index (χ0) is 18.4. The molecule has 134 valence electrons. The summed E-state index contributed by atoms with van der Waals surface area (Å²) in [7, 11) is 0. The predicted octanol–water partition coefficient (Wildman–Crippen LogP) is 2.73. The van der Waals surface area contributed by atoms with Gasteiger partial charge in [0.05, 0.1) is 11.3 Å². The van der Waals surface area contributed by atoms with E-state index in [1.54, 1.807) is 10.6 Å². The number of anilines is 1. The predicted molar refractivity (Wildman–Crippen MR) is 88.7 cm³/mol. The number of halogens is 2. The summed E-state index contributed by atoms with van der Waals surface area (Å²) in [4.78, 5) is 28.8. The van der Waals surface area contributed by atoms with Gasteiger partial charge in [-0.05, 0) is 25.0 Å². The fourth-order valence-electron chi connectivity index (χ4n) is 2.74. The molecule has 0 saturated heterocycles. The van der Waals surface area contributed by atoms with E-state index in [-0.39, 0.29) is 21.6 Å². The van der Waals surface area contributed by atoms with Gasteiger partial charge in [-0.3, -0.25) is 14.2 Å². The van der Waals surface area contributed by atoms with Gasteiger partial charge in [0, 0.05) is 30.6 Å². The van der Waals surface area contributed by atoms with Gasteiger partial charge in [0.2, 0.25) is 0 Å². The first kappa shape index (κ1) is 16.2. The van der Waals surface area contributed by atoms with Crippen LogP contribution in [0.3, 0.4) is 0 Å². The lowest BCUT2D eigenvalue weighted by molar-refractivity contribution is 0.0665. The summed E-state index contributed by atoms with van der Waals surface area (Å²) in [6, 6.07) is 3.80. The van der Waals surface area contributed by atoms with Crippen LogP contribution in [0.25, 0.3) is 5.65 Å². The van der Waals surface area contributed by atoms with Crippen LogP contribution < -0.4 is 10.9 Å². The fraction of sp³-hybridized carbons (Fsp3) is 0.235. The molecule has 9 heteroatoms. The number of fused-ring (bicyclic) bond motifs is 1. The Morgan fingerprint density at radius 2 is 2.12 bits per heavy atom. The van der Waals surface area contributed by atoms with Crippen molar-refractivity contribution in [2.45, 2.75) is 25.3 Å². The highest BCUT2D eigenvalue weighted by molar-refractivity contribution is 6.06. The number of rotatable bonds is 4. The largest absolute Gasteiger partial charge is 0.507 e. The standard InChI is InChI=1S/C17H14F2N4O3/c18-17(19)23-5-1-2-11(16(23)26)21-15(25)10-7-22-8-12(9-3-4-9)20-14(22)6-13(10)24/h1-2,5-9,17,24H,3-4H2,(H,21,25). The second-order valence-corrected chi connectivity index (χ2v) is 6.14. The monoisotopic (exact) mass is 360 g/mol. The Balaban J connectivity index is 1.67. The van der Waals surface area contributed by atoms with Gasteiger partial charge in [-0.1, -0.05) is 0 Å². The van der Waals surface area contributed by atoms with Gasteiger partial charge < -0.3 is 14.8 Å². The van der Waals surface area contributed by atoms with E-state index in [9.17, 15) is 23.5 Å². The lowest BCUT2D eigenvalue weighted by Gasteiger charge is -2.09. The summed E-state index contributed by atoms with van der Waals surface area (Å²) in [6.07, 6.45) is 6.24. The Morgan fingerprint density at radius 3 is 2.81 bits per heavy atom. The number of alkyl halides is 2. The number of nitrogens with zero attached hydrogens (tertiary/aromatic N) is 3. The van der Waals surface area contributed by atoms with Crippen LogP contribution in [0.5, 0.6) is 5.75 Å². The Labute approximate surface area is 145 Å².